The molecule has 1 heterocycles. The number of likely N-dealkylation sites (tertiary alicyclic amines) is 1. The first-order valence-corrected chi connectivity index (χ1v) is 7.79. The fourth-order valence-corrected chi connectivity index (χ4v) is 3.52. The molecule has 1 aliphatic carbocycles. The number of rotatable bonds is 5. The molecule has 3 atom stereocenters. The van der Waals surface area contributed by atoms with Crippen LogP contribution in [0.25, 0.3) is 0 Å². The first-order chi connectivity index (χ1) is 8.59. The van der Waals surface area contributed by atoms with Crippen LogP contribution in [0.5, 0.6) is 0 Å². The number of nitrogens with one attached hydrogen (secondary N) is 1. The summed E-state index contributed by atoms with van der Waals surface area (Å²) in [7, 11) is 0. The first kappa shape index (κ1) is 14.3. The van der Waals surface area contributed by atoms with E-state index in [1.165, 1.54) is 38.8 Å². The van der Waals surface area contributed by atoms with E-state index in [9.17, 15) is 5.11 Å². The van der Waals surface area contributed by atoms with Gasteiger partial charge in [-0.3, -0.25) is 0 Å². The summed E-state index contributed by atoms with van der Waals surface area (Å²) in [5, 5.41) is 13.7. The van der Waals surface area contributed by atoms with Crippen LogP contribution in [0.15, 0.2) is 0 Å². The van der Waals surface area contributed by atoms with Crippen molar-refractivity contribution in [2.24, 2.45) is 0 Å². The highest BCUT2D eigenvalue weighted by molar-refractivity contribution is 4.93. The molecule has 0 radical (unpaired) electrons. The van der Waals surface area contributed by atoms with Crippen LogP contribution in [0.1, 0.15) is 58.8 Å². The van der Waals surface area contributed by atoms with Crippen molar-refractivity contribution in [3.05, 3.63) is 0 Å². The lowest BCUT2D eigenvalue weighted by Gasteiger charge is -2.33. The molecule has 1 saturated heterocycles. The van der Waals surface area contributed by atoms with Gasteiger partial charge in [0.1, 0.15) is 0 Å². The highest BCUT2D eigenvalue weighted by Crippen LogP contribution is 2.29. The van der Waals surface area contributed by atoms with Gasteiger partial charge in [-0.15, -0.1) is 0 Å². The molecule has 0 aromatic heterocycles. The number of aliphatic hydroxyl groups is 1. The smallest absolute Gasteiger partial charge is 0.0772 e. The fourth-order valence-electron chi connectivity index (χ4n) is 3.52. The van der Waals surface area contributed by atoms with Crippen LogP contribution in [-0.4, -0.2) is 47.3 Å². The summed E-state index contributed by atoms with van der Waals surface area (Å²) in [6.45, 7) is 7.87. The minimum absolute atomic E-state index is 0.316. The molecule has 0 bridgehead atoms. The zero-order valence-corrected chi connectivity index (χ0v) is 12.1. The SMILES string of the molecule is CC1CCCCN1CCCNC1CCCC1(C)O. The molecule has 2 rings (SSSR count). The molecule has 0 spiro atoms. The standard InChI is InChI=1S/C15H30N2O/c1-13-7-3-4-11-17(13)12-6-10-16-14-8-5-9-15(14,2)18/h13-14,16,18H,3-12H2,1-2H3. The lowest BCUT2D eigenvalue weighted by atomic mass is 10.0. The van der Waals surface area contributed by atoms with Crippen molar-refractivity contribution in [3.63, 3.8) is 0 Å². The Bertz CT molecular complexity index is 255. The maximum Gasteiger partial charge on any atom is 0.0772 e. The summed E-state index contributed by atoms with van der Waals surface area (Å²) in [4.78, 5) is 2.62. The van der Waals surface area contributed by atoms with Crippen LogP contribution >= 0.6 is 0 Å². The minimum Gasteiger partial charge on any atom is -0.389 e. The van der Waals surface area contributed by atoms with Gasteiger partial charge in [-0.1, -0.05) is 6.42 Å². The van der Waals surface area contributed by atoms with Crippen molar-refractivity contribution in [2.45, 2.75) is 76.5 Å². The molecule has 2 aliphatic rings. The largest absolute Gasteiger partial charge is 0.389 e. The van der Waals surface area contributed by atoms with E-state index in [2.05, 4.69) is 17.1 Å². The van der Waals surface area contributed by atoms with Gasteiger partial charge in [0.2, 0.25) is 0 Å². The van der Waals surface area contributed by atoms with Gasteiger partial charge in [-0.2, -0.15) is 0 Å². The molecule has 3 unspecified atom stereocenters. The monoisotopic (exact) mass is 254 g/mol. The molecule has 3 heteroatoms. The highest BCUT2D eigenvalue weighted by Gasteiger charge is 2.35. The van der Waals surface area contributed by atoms with Crippen molar-refractivity contribution < 1.29 is 5.11 Å². The maximum atomic E-state index is 10.2. The summed E-state index contributed by atoms with van der Waals surface area (Å²) in [5.41, 5.74) is -0.474. The van der Waals surface area contributed by atoms with Crippen molar-refractivity contribution in [2.75, 3.05) is 19.6 Å². The third-order valence-corrected chi connectivity index (χ3v) is 4.88. The van der Waals surface area contributed by atoms with Gasteiger partial charge in [-0.05, 0) is 72.0 Å². The lowest BCUT2D eigenvalue weighted by Crippen LogP contribution is -2.45. The number of hydrogen-bond donors (Lipinski definition) is 2. The van der Waals surface area contributed by atoms with Gasteiger partial charge in [0.05, 0.1) is 5.60 Å². The van der Waals surface area contributed by atoms with Gasteiger partial charge in [0.15, 0.2) is 0 Å². The third-order valence-electron chi connectivity index (χ3n) is 4.88. The second kappa shape index (κ2) is 6.36. The van der Waals surface area contributed by atoms with Gasteiger partial charge in [0, 0.05) is 12.1 Å². The zero-order chi connectivity index (χ0) is 13.0. The van der Waals surface area contributed by atoms with E-state index in [0.29, 0.717) is 6.04 Å². The molecular weight excluding hydrogens is 224 g/mol. The molecule has 2 N–H and O–H groups in total. The Labute approximate surface area is 112 Å². The van der Waals surface area contributed by atoms with E-state index in [0.717, 1.165) is 31.8 Å². The van der Waals surface area contributed by atoms with E-state index in [1.54, 1.807) is 0 Å². The molecule has 1 aliphatic heterocycles. The average Bonchev–Trinajstić information content (AvgIpc) is 2.66. The van der Waals surface area contributed by atoms with Crippen LogP contribution in [-0.2, 0) is 0 Å². The van der Waals surface area contributed by atoms with E-state index in [-0.39, 0.29) is 0 Å². The number of piperidine rings is 1. The van der Waals surface area contributed by atoms with Crippen molar-refractivity contribution in [1.82, 2.24) is 10.2 Å². The van der Waals surface area contributed by atoms with Crippen LogP contribution < -0.4 is 5.32 Å². The lowest BCUT2D eigenvalue weighted by molar-refractivity contribution is 0.0388. The predicted octanol–water partition coefficient (Wildman–Crippen LogP) is 2.14. The summed E-state index contributed by atoms with van der Waals surface area (Å²) >= 11 is 0. The molecule has 0 amide bonds. The summed E-state index contributed by atoms with van der Waals surface area (Å²) in [5.74, 6) is 0. The molecular formula is C15H30N2O. The zero-order valence-electron chi connectivity index (χ0n) is 12.1. The molecule has 106 valence electrons. The van der Waals surface area contributed by atoms with Crippen molar-refractivity contribution in [3.8, 4) is 0 Å². The van der Waals surface area contributed by atoms with E-state index in [4.69, 9.17) is 0 Å². The summed E-state index contributed by atoms with van der Waals surface area (Å²) < 4.78 is 0. The second-order valence-corrected chi connectivity index (χ2v) is 6.49. The molecule has 0 aromatic carbocycles. The summed E-state index contributed by atoms with van der Waals surface area (Å²) in [6.07, 6.45) is 8.59. The average molecular weight is 254 g/mol. The van der Waals surface area contributed by atoms with Gasteiger partial charge in [0.25, 0.3) is 0 Å². The number of nitrogens with zero attached hydrogens (tertiary/aromatic N) is 1. The Kier molecular flexibility index (Phi) is 5.05. The van der Waals surface area contributed by atoms with Gasteiger partial charge in [-0.25, -0.2) is 0 Å². The first-order valence-electron chi connectivity index (χ1n) is 7.79. The molecule has 2 fully saturated rings. The van der Waals surface area contributed by atoms with E-state index >= 15 is 0 Å². The van der Waals surface area contributed by atoms with Gasteiger partial charge < -0.3 is 15.3 Å². The van der Waals surface area contributed by atoms with Crippen LogP contribution in [0.4, 0.5) is 0 Å². The Morgan fingerprint density at radius 2 is 2.11 bits per heavy atom. The normalized spacial score (nSPS) is 38.2. The van der Waals surface area contributed by atoms with E-state index < -0.39 is 5.60 Å². The van der Waals surface area contributed by atoms with Crippen LogP contribution in [0.3, 0.4) is 0 Å². The highest BCUT2D eigenvalue weighted by atomic mass is 16.3. The van der Waals surface area contributed by atoms with Gasteiger partial charge >= 0.3 is 0 Å². The Morgan fingerprint density at radius 3 is 2.78 bits per heavy atom. The third kappa shape index (κ3) is 3.69. The summed E-state index contributed by atoms with van der Waals surface area (Å²) in [6, 6.07) is 1.09. The van der Waals surface area contributed by atoms with Crippen LogP contribution in [0, 0.1) is 0 Å². The van der Waals surface area contributed by atoms with Crippen LogP contribution in [0.2, 0.25) is 0 Å². The van der Waals surface area contributed by atoms with Crippen molar-refractivity contribution in [1.29, 1.82) is 0 Å². The molecule has 18 heavy (non-hydrogen) atoms. The number of hydrogen-bond acceptors (Lipinski definition) is 3. The Hall–Kier alpha value is -0.120. The minimum atomic E-state index is -0.474. The fraction of sp³-hybridized carbons (Fsp3) is 1.00. The topological polar surface area (TPSA) is 35.5 Å². The molecule has 1 saturated carbocycles. The Balaban J connectivity index is 1.61. The molecule has 3 nitrogen and oxygen atoms in total. The van der Waals surface area contributed by atoms with Crippen molar-refractivity contribution >= 4 is 0 Å². The molecule has 0 aromatic rings. The van der Waals surface area contributed by atoms with E-state index in [1.807, 2.05) is 6.92 Å². The maximum absolute atomic E-state index is 10.2. The second-order valence-electron chi connectivity index (χ2n) is 6.49. The quantitative estimate of drug-likeness (QED) is 0.738. The Morgan fingerprint density at radius 1 is 1.28 bits per heavy atom. The predicted molar refractivity (Wildman–Crippen MR) is 75.8 cm³/mol.